The standard InChI is InChI=1S/C16H19NO3S/c1-10(17-21(19)16(3,4)5)14-11(2)20-13-9-7-6-8-12(13)15(14)18/h6-9H,1-5H3. The molecule has 1 atom stereocenters. The third-order valence-electron chi connectivity index (χ3n) is 3.08. The normalized spacial score (nSPS) is 14.4. The van der Waals surface area contributed by atoms with Crippen LogP contribution in [0.4, 0.5) is 0 Å². The van der Waals surface area contributed by atoms with Crippen molar-refractivity contribution in [1.29, 1.82) is 0 Å². The van der Waals surface area contributed by atoms with E-state index in [2.05, 4.69) is 4.40 Å². The Morgan fingerprint density at radius 1 is 1.24 bits per heavy atom. The Morgan fingerprint density at radius 3 is 2.48 bits per heavy atom. The predicted molar refractivity (Wildman–Crippen MR) is 87.3 cm³/mol. The Hall–Kier alpha value is -1.75. The van der Waals surface area contributed by atoms with Gasteiger partial charge in [0, 0.05) is 0 Å². The molecule has 2 rings (SSSR count). The molecule has 112 valence electrons. The molecule has 4 nitrogen and oxygen atoms in total. The van der Waals surface area contributed by atoms with Gasteiger partial charge in [-0.25, -0.2) is 4.21 Å². The summed E-state index contributed by atoms with van der Waals surface area (Å²) in [6, 6.07) is 7.09. The summed E-state index contributed by atoms with van der Waals surface area (Å²) in [5.74, 6) is 0.492. The average Bonchev–Trinajstić information content (AvgIpc) is 2.37. The van der Waals surface area contributed by atoms with Crippen LogP contribution in [0.2, 0.25) is 0 Å². The largest absolute Gasteiger partial charge is 0.460 e. The molecule has 1 aromatic carbocycles. The number of fused-ring (bicyclic) bond motifs is 1. The van der Waals surface area contributed by atoms with Gasteiger partial charge >= 0.3 is 0 Å². The van der Waals surface area contributed by atoms with E-state index in [4.69, 9.17) is 4.42 Å². The second-order valence-corrected chi connectivity index (χ2v) is 7.80. The first-order valence-corrected chi connectivity index (χ1v) is 7.82. The first-order chi connectivity index (χ1) is 9.71. The van der Waals surface area contributed by atoms with E-state index in [1.54, 1.807) is 32.0 Å². The highest BCUT2D eigenvalue weighted by atomic mass is 32.2. The summed E-state index contributed by atoms with van der Waals surface area (Å²) in [4.78, 5) is 12.6. The molecule has 0 saturated carbocycles. The number of para-hydroxylation sites is 1. The number of aryl methyl sites for hydroxylation is 1. The van der Waals surface area contributed by atoms with E-state index in [9.17, 15) is 9.00 Å². The average molecular weight is 305 g/mol. The molecule has 0 aliphatic rings. The van der Waals surface area contributed by atoms with E-state index < -0.39 is 15.7 Å². The topological polar surface area (TPSA) is 59.6 Å². The van der Waals surface area contributed by atoms with Crippen molar-refractivity contribution in [1.82, 2.24) is 0 Å². The van der Waals surface area contributed by atoms with Crippen molar-refractivity contribution < 1.29 is 8.63 Å². The third kappa shape index (κ3) is 3.13. The van der Waals surface area contributed by atoms with Crippen LogP contribution in [0, 0.1) is 6.92 Å². The zero-order chi connectivity index (χ0) is 15.8. The van der Waals surface area contributed by atoms with Gasteiger partial charge in [0.25, 0.3) is 0 Å². The van der Waals surface area contributed by atoms with Crippen molar-refractivity contribution in [3.05, 3.63) is 45.8 Å². The maximum Gasteiger partial charge on any atom is 0.202 e. The van der Waals surface area contributed by atoms with Crippen molar-refractivity contribution in [3.8, 4) is 0 Å². The summed E-state index contributed by atoms with van der Waals surface area (Å²) < 4.78 is 21.5. The Kier molecular flexibility index (Phi) is 4.14. The van der Waals surface area contributed by atoms with Gasteiger partial charge in [0.15, 0.2) is 0 Å². The lowest BCUT2D eigenvalue weighted by Gasteiger charge is -2.14. The Labute approximate surface area is 126 Å². The fourth-order valence-corrected chi connectivity index (χ4v) is 2.59. The minimum Gasteiger partial charge on any atom is -0.460 e. The quantitative estimate of drug-likeness (QED) is 0.799. The number of rotatable bonds is 2. The molecule has 0 spiro atoms. The molecule has 0 N–H and O–H groups in total. The first-order valence-electron chi connectivity index (χ1n) is 6.72. The molecular formula is C16H19NO3S. The summed E-state index contributed by atoms with van der Waals surface area (Å²) in [5.41, 5.74) is 1.25. The lowest BCUT2D eigenvalue weighted by Crippen LogP contribution is -2.22. The summed E-state index contributed by atoms with van der Waals surface area (Å²) in [5, 5.41) is 0.509. The van der Waals surface area contributed by atoms with Gasteiger partial charge < -0.3 is 4.42 Å². The van der Waals surface area contributed by atoms with Gasteiger partial charge in [-0.1, -0.05) is 12.1 Å². The molecule has 0 bridgehead atoms. The zero-order valence-electron chi connectivity index (χ0n) is 12.9. The van der Waals surface area contributed by atoms with Crippen molar-refractivity contribution in [2.75, 3.05) is 0 Å². The van der Waals surface area contributed by atoms with Gasteiger partial charge in [-0.3, -0.25) is 4.79 Å². The van der Waals surface area contributed by atoms with Crippen LogP contribution in [0.3, 0.4) is 0 Å². The second-order valence-electron chi connectivity index (χ2n) is 5.90. The van der Waals surface area contributed by atoms with Crippen LogP contribution in [0.5, 0.6) is 0 Å². The van der Waals surface area contributed by atoms with Crippen LogP contribution in [-0.2, 0) is 11.0 Å². The predicted octanol–water partition coefficient (Wildman–Crippen LogP) is 3.37. The minimum absolute atomic E-state index is 0.137. The number of hydrogen-bond donors (Lipinski definition) is 0. The van der Waals surface area contributed by atoms with Crippen LogP contribution in [0.1, 0.15) is 39.0 Å². The van der Waals surface area contributed by atoms with Crippen LogP contribution in [-0.4, -0.2) is 14.7 Å². The van der Waals surface area contributed by atoms with Crippen LogP contribution in [0.25, 0.3) is 11.0 Å². The number of hydrogen-bond acceptors (Lipinski definition) is 3. The highest BCUT2D eigenvalue weighted by Crippen LogP contribution is 2.17. The molecule has 0 aliphatic carbocycles. The molecule has 2 aromatic rings. The molecule has 0 saturated heterocycles. The molecule has 1 unspecified atom stereocenters. The Morgan fingerprint density at radius 2 is 1.86 bits per heavy atom. The lowest BCUT2D eigenvalue weighted by atomic mass is 10.1. The van der Waals surface area contributed by atoms with Gasteiger partial charge in [-0.05, 0) is 46.8 Å². The third-order valence-corrected chi connectivity index (χ3v) is 4.57. The van der Waals surface area contributed by atoms with Gasteiger partial charge in [-0.15, -0.1) is 0 Å². The molecule has 1 heterocycles. The Bertz CT molecular complexity index is 797. The minimum atomic E-state index is -1.41. The van der Waals surface area contributed by atoms with E-state index in [0.29, 0.717) is 28.0 Å². The maximum atomic E-state index is 12.6. The van der Waals surface area contributed by atoms with Gasteiger partial charge in [0.1, 0.15) is 22.3 Å². The summed E-state index contributed by atoms with van der Waals surface area (Å²) in [6.07, 6.45) is 0. The van der Waals surface area contributed by atoms with Crippen LogP contribution < -0.4 is 5.43 Å². The monoisotopic (exact) mass is 305 g/mol. The van der Waals surface area contributed by atoms with Crippen LogP contribution in [0.15, 0.2) is 37.9 Å². The summed E-state index contributed by atoms with van der Waals surface area (Å²) in [7, 11) is -1.41. The molecule has 21 heavy (non-hydrogen) atoms. The highest BCUT2D eigenvalue weighted by Gasteiger charge is 2.21. The smallest absolute Gasteiger partial charge is 0.202 e. The van der Waals surface area contributed by atoms with Crippen molar-refractivity contribution in [2.45, 2.75) is 39.4 Å². The fourth-order valence-electron chi connectivity index (χ4n) is 1.98. The Balaban J connectivity index is 2.65. The van der Waals surface area contributed by atoms with E-state index in [-0.39, 0.29) is 5.43 Å². The highest BCUT2D eigenvalue weighted by molar-refractivity contribution is 7.85. The first kappa shape index (κ1) is 15.6. The molecule has 1 aromatic heterocycles. The number of benzene rings is 1. The molecule has 5 heteroatoms. The molecule has 0 fully saturated rings. The fraction of sp³-hybridized carbons (Fsp3) is 0.375. The van der Waals surface area contributed by atoms with Crippen molar-refractivity contribution >= 4 is 27.7 Å². The molecule has 0 aliphatic heterocycles. The van der Waals surface area contributed by atoms with Crippen LogP contribution >= 0.6 is 0 Å². The van der Waals surface area contributed by atoms with Gasteiger partial charge in [0.2, 0.25) is 5.43 Å². The summed E-state index contributed by atoms with van der Waals surface area (Å²) >= 11 is 0. The van der Waals surface area contributed by atoms with E-state index in [0.717, 1.165) is 0 Å². The zero-order valence-corrected chi connectivity index (χ0v) is 13.7. The second kappa shape index (κ2) is 5.56. The van der Waals surface area contributed by atoms with Gasteiger partial charge in [-0.2, -0.15) is 4.40 Å². The lowest BCUT2D eigenvalue weighted by molar-refractivity contribution is 0.563. The maximum absolute atomic E-state index is 12.6. The van der Waals surface area contributed by atoms with Crippen molar-refractivity contribution in [2.24, 2.45) is 4.40 Å². The van der Waals surface area contributed by atoms with Crippen molar-refractivity contribution in [3.63, 3.8) is 0 Å². The molecule has 0 radical (unpaired) electrons. The number of nitrogens with zero attached hydrogens (tertiary/aromatic N) is 1. The summed E-state index contributed by atoms with van der Waals surface area (Å²) in [6.45, 7) is 8.95. The van der Waals surface area contributed by atoms with Gasteiger partial charge in [0.05, 0.1) is 21.4 Å². The van der Waals surface area contributed by atoms with E-state index >= 15 is 0 Å². The molecular weight excluding hydrogens is 286 g/mol. The molecule has 0 amide bonds. The van der Waals surface area contributed by atoms with E-state index in [1.165, 1.54) is 0 Å². The van der Waals surface area contributed by atoms with E-state index in [1.807, 2.05) is 26.8 Å². The SMILES string of the molecule is CC(=NS(=O)C(C)(C)C)c1c(C)oc2ccccc2c1=O.